The molecule has 1 N–H and O–H groups in total. The van der Waals surface area contributed by atoms with Gasteiger partial charge in [-0.15, -0.1) is 0 Å². The van der Waals surface area contributed by atoms with Gasteiger partial charge in [0.05, 0.1) is 6.61 Å². The van der Waals surface area contributed by atoms with Crippen LogP contribution in [0.15, 0.2) is 24.3 Å². The lowest BCUT2D eigenvalue weighted by molar-refractivity contribution is 0.297. The molecule has 2 aromatic carbocycles. The van der Waals surface area contributed by atoms with E-state index in [4.69, 9.17) is 4.74 Å². The number of benzene rings is 2. The van der Waals surface area contributed by atoms with Crippen molar-refractivity contribution < 1.29 is 18.6 Å². The minimum absolute atomic E-state index is 0.172. The summed E-state index contributed by atoms with van der Waals surface area (Å²) in [6.45, 7) is 8.10. The van der Waals surface area contributed by atoms with Crippen LogP contribution >= 0.6 is 0 Å². The number of rotatable bonds is 8. The number of hydrogen-bond donors (Lipinski definition) is 1. The van der Waals surface area contributed by atoms with E-state index in [1.165, 1.54) is 12.1 Å². The van der Waals surface area contributed by atoms with E-state index >= 15 is 0 Å². The Labute approximate surface area is 154 Å². The Hall–Kier alpha value is -2.10. The van der Waals surface area contributed by atoms with Crippen molar-refractivity contribution in [2.75, 3.05) is 6.61 Å². The molecule has 0 aliphatic rings. The van der Waals surface area contributed by atoms with Crippen molar-refractivity contribution in [1.29, 1.82) is 0 Å². The molecule has 0 amide bonds. The zero-order valence-corrected chi connectivity index (χ0v) is 16.0. The van der Waals surface area contributed by atoms with Gasteiger partial charge in [-0.25, -0.2) is 8.78 Å². The molecule has 26 heavy (non-hydrogen) atoms. The van der Waals surface area contributed by atoms with Gasteiger partial charge in [0, 0.05) is 12.0 Å². The SMILES string of the molecule is CCCC(C)Cc1cc(C)cc(F)c1OCCc1cc(C)cc(F)c1O. The molecule has 0 spiro atoms. The first-order valence-electron chi connectivity index (χ1n) is 9.21. The van der Waals surface area contributed by atoms with Gasteiger partial charge in [0.1, 0.15) is 0 Å². The van der Waals surface area contributed by atoms with Crippen LogP contribution < -0.4 is 4.74 Å². The van der Waals surface area contributed by atoms with Crippen molar-refractivity contribution in [2.24, 2.45) is 5.92 Å². The molecule has 0 saturated heterocycles. The van der Waals surface area contributed by atoms with E-state index in [1.54, 1.807) is 13.0 Å². The molecule has 0 fully saturated rings. The summed E-state index contributed by atoms with van der Waals surface area (Å²) >= 11 is 0. The molecule has 0 bridgehead atoms. The Morgan fingerprint density at radius 3 is 2.27 bits per heavy atom. The highest BCUT2D eigenvalue weighted by atomic mass is 19.1. The summed E-state index contributed by atoms with van der Waals surface area (Å²) in [4.78, 5) is 0. The third kappa shape index (κ3) is 5.20. The van der Waals surface area contributed by atoms with E-state index in [0.717, 1.165) is 36.0 Å². The standard InChI is InChI=1S/C22H28F2O2/c1-5-6-14(2)9-18-11-16(4)13-20(24)22(18)26-8-7-17-10-15(3)12-19(23)21(17)25/h10-14,25H,5-9H2,1-4H3. The van der Waals surface area contributed by atoms with Gasteiger partial charge in [-0.2, -0.15) is 0 Å². The molecular weight excluding hydrogens is 334 g/mol. The molecule has 2 rings (SSSR count). The van der Waals surface area contributed by atoms with Gasteiger partial charge in [0.25, 0.3) is 0 Å². The number of aryl methyl sites for hydroxylation is 2. The van der Waals surface area contributed by atoms with Crippen LogP contribution in [0.25, 0.3) is 0 Å². The van der Waals surface area contributed by atoms with E-state index in [9.17, 15) is 13.9 Å². The number of ether oxygens (including phenoxy) is 1. The molecule has 0 radical (unpaired) electrons. The fourth-order valence-corrected chi connectivity index (χ4v) is 3.34. The molecule has 0 saturated carbocycles. The van der Waals surface area contributed by atoms with Crippen LogP contribution in [0.5, 0.6) is 11.5 Å². The van der Waals surface area contributed by atoms with Crippen LogP contribution in [0.3, 0.4) is 0 Å². The maximum Gasteiger partial charge on any atom is 0.165 e. The molecule has 2 aromatic rings. The van der Waals surface area contributed by atoms with E-state index in [1.807, 2.05) is 13.0 Å². The lowest BCUT2D eigenvalue weighted by atomic mass is 9.95. The van der Waals surface area contributed by atoms with Gasteiger partial charge in [0.2, 0.25) is 0 Å². The van der Waals surface area contributed by atoms with E-state index in [0.29, 0.717) is 17.9 Å². The predicted octanol–water partition coefficient (Wildman–Crippen LogP) is 5.89. The first kappa shape index (κ1) is 20.2. The van der Waals surface area contributed by atoms with Crippen molar-refractivity contribution in [1.82, 2.24) is 0 Å². The molecule has 0 aliphatic heterocycles. The topological polar surface area (TPSA) is 29.5 Å². The Morgan fingerprint density at radius 2 is 1.62 bits per heavy atom. The third-order valence-electron chi connectivity index (χ3n) is 4.52. The van der Waals surface area contributed by atoms with E-state index < -0.39 is 5.82 Å². The Balaban J connectivity index is 2.14. The third-order valence-corrected chi connectivity index (χ3v) is 4.52. The van der Waals surface area contributed by atoms with Gasteiger partial charge in [-0.05, 0) is 55.0 Å². The average molecular weight is 362 g/mol. The first-order valence-corrected chi connectivity index (χ1v) is 9.21. The smallest absolute Gasteiger partial charge is 0.165 e. The Morgan fingerprint density at radius 1 is 1.00 bits per heavy atom. The molecule has 142 valence electrons. The van der Waals surface area contributed by atoms with Crippen molar-refractivity contribution in [2.45, 2.75) is 53.4 Å². The summed E-state index contributed by atoms with van der Waals surface area (Å²) in [5, 5.41) is 9.84. The van der Waals surface area contributed by atoms with Crippen molar-refractivity contribution >= 4 is 0 Å². The zero-order valence-electron chi connectivity index (χ0n) is 16.0. The lowest BCUT2D eigenvalue weighted by Gasteiger charge is -2.17. The number of halogens is 2. The average Bonchev–Trinajstić information content (AvgIpc) is 2.54. The van der Waals surface area contributed by atoms with Crippen LogP contribution in [0.2, 0.25) is 0 Å². The molecule has 1 atom stereocenters. The molecular formula is C22H28F2O2. The fourth-order valence-electron chi connectivity index (χ4n) is 3.34. The van der Waals surface area contributed by atoms with Gasteiger partial charge < -0.3 is 9.84 Å². The summed E-state index contributed by atoms with van der Waals surface area (Å²) in [7, 11) is 0. The quantitative estimate of drug-likeness (QED) is 0.635. The molecule has 0 heterocycles. The molecule has 2 nitrogen and oxygen atoms in total. The summed E-state index contributed by atoms with van der Waals surface area (Å²) in [6, 6.07) is 6.44. The van der Waals surface area contributed by atoms with Gasteiger partial charge in [-0.3, -0.25) is 0 Å². The van der Waals surface area contributed by atoms with Crippen molar-refractivity contribution in [3.8, 4) is 11.5 Å². The number of hydrogen-bond acceptors (Lipinski definition) is 2. The molecule has 1 unspecified atom stereocenters. The number of phenols is 1. The molecule has 0 aromatic heterocycles. The van der Waals surface area contributed by atoms with Crippen LogP contribution in [0, 0.1) is 31.4 Å². The first-order chi connectivity index (χ1) is 12.3. The zero-order chi connectivity index (χ0) is 19.3. The fraction of sp³-hybridized carbons (Fsp3) is 0.455. The van der Waals surface area contributed by atoms with E-state index in [-0.39, 0.29) is 23.9 Å². The van der Waals surface area contributed by atoms with Crippen LogP contribution in [0.1, 0.15) is 48.9 Å². The van der Waals surface area contributed by atoms with E-state index in [2.05, 4.69) is 13.8 Å². The van der Waals surface area contributed by atoms with Crippen molar-refractivity contribution in [3.05, 3.63) is 58.2 Å². The minimum atomic E-state index is -0.643. The molecule has 0 aliphatic carbocycles. The maximum absolute atomic E-state index is 14.4. The Kier molecular flexibility index (Phi) is 7.01. The Bertz CT molecular complexity index is 756. The predicted molar refractivity (Wildman–Crippen MR) is 101 cm³/mol. The van der Waals surface area contributed by atoms with Gasteiger partial charge >= 0.3 is 0 Å². The van der Waals surface area contributed by atoms with Gasteiger partial charge in [0.15, 0.2) is 23.1 Å². The second kappa shape index (κ2) is 9.02. The van der Waals surface area contributed by atoms with Gasteiger partial charge in [-0.1, -0.05) is 38.8 Å². The maximum atomic E-state index is 14.4. The summed E-state index contributed by atoms with van der Waals surface area (Å²) in [5.74, 6) is -0.663. The highest BCUT2D eigenvalue weighted by molar-refractivity contribution is 5.40. The summed E-state index contributed by atoms with van der Waals surface area (Å²) in [5.41, 5.74) is 2.93. The highest BCUT2D eigenvalue weighted by Crippen LogP contribution is 2.29. The minimum Gasteiger partial charge on any atom is -0.505 e. The van der Waals surface area contributed by atoms with Crippen molar-refractivity contribution in [3.63, 3.8) is 0 Å². The second-order valence-electron chi connectivity index (χ2n) is 7.19. The molecule has 4 heteroatoms. The van der Waals surface area contributed by atoms with Crippen LogP contribution in [0.4, 0.5) is 8.78 Å². The monoisotopic (exact) mass is 362 g/mol. The van der Waals surface area contributed by atoms with Crippen LogP contribution in [-0.2, 0) is 12.8 Å². The summed E-state index contributed by atoms with van der Waals surface area (Å²) in [6.07, 6.45) is 3.23. The number of aromatic hydroxyl groups is 1. The highest BCUT2D eigenvalue weighted by Gasteiger charge is 2.15. The summed E-state index contributed by atoms with van der Waals surface area (Å²) < 4.78 is 33.8. The largest absolute Gasteiger partial charge is 0.505 e. The number of phenolic OH excluding ortho intramolecular Hbond substituents is 1. The normalized spacial score (nSPS) is 12.2. The second-order valence-corrected chi connectivity index (χ2v) is 7.19. The van der Waals surface area contributed by atoms with Crippen LogP contribution in [-0.4, -0.2) is 11.7 Å². The lowest BCUT2D eigenvalue weighted by Crippen LogP contribution is -2.08.